The average Bonchev–Trinajstić information content (AvgIpc) is 2.86. The van der Waals surface area contributed by atoms with Gasteiger partial charge < -0.3 is 30.5 Å². The van der Waals surface area contributed by atoms with E-state index in [0.717, 1.165) is 31.2 Å². The Morgan fingerprint density at radius 2 is 1.82 bits per heavy atom. The highest BCUT2D eigenvalue weighted by molar-refractivity contribution is 6.09. The number of ketones is 1. The normalized spacial score (nSPS) is 22.2. The Bertz CT molecular complexity index is 1080. The summed E-state index contributed by atoms with van der Waals surface area (Å²) in [7, 11) is 3.20. The Hall–Kier alpha value is -3.36. The van der Waals surface area contributed by atoms with Crippen molar-refractivity contribution in [3.8, 4) is 5.75 Å². The minimum absolute atomic E-state index is 0.0670. The van der Waals surface area contributed by atoms with E-state index >= 15 is 0 Å². The van der Waals surface area contributed by atoms with Gasteiger partial charge in [0.2, 0.25) is 5.78 Å². The first-order valence-corrected chi connectivity index (χ1v) is 11.6. The van der Waals surface area contributed by atoms with Gasteiger partial charge in [0.25, 0.3) is 5.91 Å². The number of phenols is 1. The van der Waals surface area contributed by atoms with E-state index in [1.807, 2.05) is 30.3 Å². The lowest BCUT2D eigenvalue weighted by atomic mass is 9.88. The summed E-state index contributed by atoms with van der Waals surface area (Å²) in [4.78, 5) is 26.2. The van der Waals surface area contributed by atoms with Crippen LogP contribution in [0.25, 0.3) is 0 Å². The molecule has 4 N–H and O–H groups in total. The van der Waals surface area contributed by atoms with E-state index in [-0.39, 0.29) is 46.4 Å². The largest absolute Gasteiger partial charge is 0.505 e. The van der Waals surface area contributed by atoms with Gasteiger partial charge in [0.05, 0.1) is 35.7 Å². The van der Waals surface area contributed by atoms with Crippen molar-refractivity contribution < 1.29 is 24.5 Å². The number of hydrogen-bond acceptors (Lipinski definition) is 7. The summed E-state index contributed by atoms with van der Waals surface area (Å²) in [5, 5.41) is 27.2. The number of para-hydroxylation sites is 1. The molecule has 2 unspecified atom stereocenters. The third-order valence-electron chi connectivity index (χ3n) is 6.32. The van der Waals surface area contributed by atoms with Crippen molar-refractivity contribution in [3.05, 3.63) is 71.1 Å². The number of ether oxygens (including phenoxy) is 1. The Morgan fingerprint density at radius 3 is 2.56 bits per heavy atom. The Kier molecular flexibility index (Phi) is 7.19. The lowest BCUT2D eigenvalue weighted by Crippen LogP contribution is -2.52. The second-order valence-electron chi connectivity index (χ2n) is 8.95. The standard InChI is InChI=1S/C26H31N3O5/c1-29(2)26(33)17-11-8-13-19(23(17)30)28-22-21(24(31)25(22)32)27-18-12-6-7-14-20(18)34-15-16-9-4-3-5-10-16/h3-5,8-11,13,18,20,25,27-28,30,32H,6-7,12,14-15H2,1-2H3/t18?,20-,25?/m1/s1. The number of aliphatic hydroxyl groups excluding tert-OH is 1. The number of aromatic hydroxyl groups is 1. The van der Waals surface area contributed by atoms with Crippen molar-refractivity contribution in [2.75, 3.05) is 19.4 Å². The van der Waals surface area contributed by atoms with Gasteiger partial charge in [0, 0.05) is 14.1 Å². The Balaban J connectivity index is 1.50. The van der Waals surface area contributed by atoms with Gasteiger partial charge in [-0.25, -0.2) is 0 Å². The molecule has 1 fully saturated rings. The molecule has 34 heavy (non-hydrogen) atoms. The molecule has 3 atom stereocenters. The fourth-order valence-electron chi connectivity index (χ4n) is 4.37. The second kappa shape index (κ2) is 10.3. The van der Waals surface area contributed by atoms with Crippen LogP contribution in [0.5, 0.6) is 5.75 Å². The van der Waals surface area contributed by atoms with Gasteiger partial charge in [-0.1, -0.05) is 49.2 Å². The molecule has 0 spiro atoms. The molecular formula is C26H31N3O5. The number of nitrogens with zero attached hydrogens (tertiary/aromatic N) is 1. The van der Waals surface area contributed by atoms with Crippen LogP contribution in [0.15, 0.2) is 59.9 Å². The summed E-state index contributed by atoms with van der Waals surface area (Å²) in [5.74, 6) is -0.990. The van der Waals surface area contributed by atoms with Crippen molar-refractivity contribution in [2.24, 2.45) is 0 Å². The van der Waals surface area contributed by atoms with Crippen LogP contribution < -0.4 is 10.6 Å². The topological polar surface area (TPSA) is 111 Å². The van der Waals surface area contributed by atoms with Crippen LogP contribution in [-0.2, 0) is 16.1 Å². The fourth-order valence-corrected chi connectivity index (χ4v) is 4.37. The van der Waals surface area contributed by atoms with Gasteiger partial charge in [-0.2, -0.15) is 0 Å². The predicted octanol–water partition coefficient (Wildman–Crippen LogP) is 2.78. The quantitative estimate of drug-likeness (QED) is 0.444. The minimum atomic E-state index is -1.32. The summed E-state index contributed by atoms with van der Waals surface area (Å²) in [6, 6.07) is 14.6. The molecule has 0 aromatic heterocycles. The zero-order chi connectivity index (χ0) is 24.2. The van der Waals surface area contributed by atoms with Gasteiger partial charge >= 0.3 is 0 Å². The number of amides is 1. The first kappa shape index (κ1) is 23.8. The molecule has 4 rings (SSSR count). The van der Waals surface area contributed by atoms with E-state index in [0.29, 0.717) is 6.61 Å². The SMILES string of the molecule is CN(C)C(=O)c1cccc(NC2=C(NC3CCCC[C@H]3OCc3ccccc3)C(=O)C2O)c1O. The van der Waals surface area contributed by atoms with Crippen molar-refractivity contribution in [2.45, 2.75) is 50.5 Å². The zero-order valence-corrected chi connectivity index (χ0v) is 19.5. The van der Waals surface area contributed by atoms with Crippen molar-refractivity contribution in [1.29, 1.82) is 0 Å². The number of carbonyl (C=O) groups excluding carboxylic acids is 2. The third-order valence-corrected chi connectivity index (χ3v) is 6.32. The second-order valence-corrected chi connectivity index (χ2v) is 8.95. The highest BCUT2D eigenvalue weighted by atomic mass is 16.5. The molecule has 2 aromatic rings. The maximum absolute atomic E-state index is 12.5. The molecule has 8 heteroatoms. The van der Waals surface area contributed by atoms with E-state index in [4.69, 9.17) is 4.74 Å². The molecule has 0 radical (unpaired) electrons. The lowest BCUT2D eigenvalue weighted by molar-refractivity contribution is -0.125. The number of anilines is 1. The van der Waals surface area contributed by atoms with Crippen molar-refractivity contribution >= 4 is 17.4 Å². The molecule has 0 bridgehead atoms. The summed E-state index contributed by atoms with van der Waals surface area (Å²) in [5.41, 5.74) is 2.03. The van der Waals surface area contributed by atoms with Crippen LogP contribution in [0.3, 0.4) is 0 Å². The molecule has 180 valence electrons. The number of Topliss-reactive ketones (excluding diaryl/α,β-unsaturated/α-hetero) is 1. The molecular weight excluding hydrogens is 434 g/mol. The maximum Gasteiger partial charge on any atom is 0.257 e. The number of carbonyl (C=O) groups is 2. The third kappa shape index (κ3) is 4.93. The molecule has 1 saturated carbocycles. The van der Waals surface area contributed by atoms with E-state index in [2.05, 4.69) is 10.6 Å². The van der Waals surface area contributed by atoms with E-state index in [9.17, 15) is 19.8 Å². The van der Waals surface area contributed by atoms with E-state index < -0.39 is 11.9 Å². The predicted molar refractivity (Wildman–Crippen MR) is 128 cm³/mol. The smallest absolute Gasteiger partial charge is 0.257 e. The molecule has 8 nitrogen and oxygen atoms in total. The Labute approximate surface area is 199 Å². The molecule has 2 aliphatic carbocycles. The van der Waals surface area contributed by atoms with Gasteiger partial charge in [0.15, 0.2) is 11.9 Å². The van der Waals surface area contributed by atoms with Crippen molar-refractivity contribution in [3.63, 3.8) is 0 Å². The lowest BCUT2D eigenvalue weighted by Gasteiger charge is -2.37. The van der Waals surface area contributed by atoms with Gasteiger partial charge in [-0.15, -0.1) is 0 Å². The zero-order valence-electron chi connectivity index (χ0n) is 19.5. The number of rotatable bonds is 8. The van der Waals surface area contributed by atoms with Crippen LogP contribution in [0.4, 0.5) is 5.69 Å². The molecule has 0 heterocycles. The summed E-state index contributed by atoms with van der Waals surface area (Å²) < 4.78 is 6.19. The summed E-state index contributed by atoms with van der Waals surface area (Å²) in [6.07, 6.45) is 2.42. The average molecular weight is 466 g/mol. The van der Waals surface area contributed by atoms with Gasteiger partial charge in [-0.05, 0) is 30.5 Å². The summed E-state index contributed by atoms with van der Waals surface area (Å²) in [6.45, 7) is 0.491. The highest BCUT2D eigenvalue weighted by Crippen LogP contribution is 2.34. The van der Waals surface area contributed by atoms with Crippen LogP contribution in [0.2, 0.25) is 0 Å². The number of aliphatic hydroxyl groups is 1. The van der Waals surface area contributed by atoms with Crippen LogP contribution >= 0.6 is 0 Å². The Morgan fingerprint density at radius 1 is 1.09 bits per heavy atom. The number of hydrogen-bond donors (Lipinski definition) is 4. The monoisotopic (exact) mass is 465 g/mol. The first-order valence-electron chi connectivity index (χ1n) is 11.6. The van der Waals surface area contributed by atoms with E-state index in [1.54, 1.807) is 26.2 Å². The number of nitrogens with one attached hydrogen (secondary N) is 2. The summed E-state index contributed by atoms with van der Waals surface area (Å²) >= 11 is 0. The van der Waals surface area contributed by atoms with Crippen molar-refractivity contribution in [1.82, 2.24) is 10.2 Å². The molecule has 1 amide bonds. The van der Waals surface area contributed by atoms with Gasteiger partial charge in [-0.3, -0.25) is 9.59 Å². The highest BCUT2D eigenvalue weighted by Gasteiger charge is 2.41. The molecule has 2 aliphatic rings. The molecule has 0 saturated heterocycles. The van der Waals surface area contributed by atoms with E-state index in [1.165, 1.54) is 11.0 Å². The molecule has 2 aromatic carbocycles. The van der Waals surface area contributed by atoms with Crippen LogP contribution in [0.1, 0.15) is 41.6 Å². The minimum Gasteiger partial charge on any atom is -0.505 e. The van der Waals surface area contributed by atoms with Crippen LogP contribution in [-0.4, -0.2) is 59.1 Å². The number of benzene rings is 2. The maximum atomic E-state index is 12.5. The van der Waals surface area contributed by atoms with Gasteiger partial charge in [0.1, 0.15) is 5.70 Å². The fraction of sp³-hybridized carbons (Fsp3) is 0.385. The number of phenolic OH excluding ortho intramolecular Hbond substituents is 1. The first-order chi connectivity index (χ1) is 16.4. The molecule has 0 aliphatic heterocycles. The van der Waals surface area contributed by atoms with Crippen LogP contribution in [0, 0.1) is 0 Å².